The summed E-state index contributed by atoms with van der Waals surface area (Å²) >= 11 is 6.29. The smallest absolute Gasteiger partial charge is 0.134 e. The van der Waals surface area contributed by atoms with Crippen molar-refractivity contribution in [3.05, 3.63) is 64.2 Å². The highest BCUT2D eigenvalue weighted by molar-refractivity contribution is 6.30. The van der Waals surface area contributed by atoms with Crippen LogP contribution >= 0.6 is 11.6 Å². The van der Waals surface area contributed by atoms with Crippen LogP contribution in [-0.4, -0.2) is 4.98 Å². The Hall–Kier alpha value is -1.84. The number of nitrogens with one attached hydrogen (secondary N) is 1. The van der Waals surface area contributed by atoms with Crippen molar-refractivity contribution in [3.63, 3.8) is 0 Å². The fraction of sp³-hybridized carbons (Fsp3) is 0.235. The van der Waals surface area contributed by atoms with Crippen LogP contribution in [0, 0.1) is 13.8 Å². The summed E-state index contributed by atoms with van der Waals surface area (Å²) in [4.78, 5) is 4.51. The number of hydrogen-bond donors (Lipinski definition) is 1. The van der Waals surface area contributed by atoms with E-state index in [4.69, 9.17) is 16.0 Å². The third-order valence-electron chi connectivity index (χ3n) is 3.51. The molecule has 4 heteroatoms. The first-order valence-electron chi connectivity index (χ1n) is 6.93. The van der Waals surface area contributed by atoms with Crippen LogP contribution in [0.4, 0.5) is 0 Å². The maximum atomic E-state index is 6.29. The minimum Gasteiger partial charge on any atom is -0.468 e. The lowest BCUT2D eigenvalue weighted by Crippen LogP contribution is -2.13. The molecule has 0 aliphatic carbocycles. The molecule has 2 heterocycles. The minimum atomic E-state index is 0.555. The maximum Gasteiger partial charge on any atom is 0.134 e. The second-order valence-electron chi connectivity index (χ2n) is 5.27. The lowest BCUT2D eigenvalue weighted by molar-refractivity contribution is 0.483. The molecule has 0 unspecified atom stereocenters. The van der Waals surface area contributed by atoms with Crippen LogP contribution in [0.5, 0.6) is 0 Å². The lowest BCUT2D eigenvalue weighted by atomic mass is 10.0. The molecule has 0 radical (unpaired) electrons. The topological polar surface area (TPSA) is 38.1 Å². The third-order valence-corrected chi connectivity index (χ3v) is 3.83. The van der Waals surface area contributed by atoms with Gasteiger partial charge in [0.25, 0.3) is 0 Å². The Morgan fingerprint density at radius 2 is 2.05 bits per heavy atom. The number of aryl methyl sites for hydroxylation is 2. The fourth-order valence-corrected chi connectivity index (χ4v) is 2.72. The quantitative estimate of drug-likeness (QED) is 0.726. The number of furan rings is 1. The first-order valence-corrected chi connectivity index (χ1v) is 7.31. The molecule has 0 aliphatic heterocycles. The summed E-state index contributed by atoms with van der Waals surface area (Å²) in [6.07, 6.45) is 1.67. The van der Waals surface area contributed by atoms with Crippen molar-refractivity contribution in [2.45, 2.75) is 26.9 Å². The molecule has 0 aliphatic rings. The SMILES string of the molecule is Cc1cc(C)c2cc(CNCc3ccco3)c(Cl)nc2c1. The van der Waals surface area contributed by atoms with E-state index in [9.17, 15) is 0 Å². The number of hydrogen-bond acceptors (Lipinski definition) is 3. The Balaban J connectivity index is 1.83. The Morgan fingerprint density at radius 1 is 1.19 bits per heavy atom. The molecular formula is C17H17ClN2O. The highest BCUT2D eigenvalue weighted by Crippen LogP contribution is 2.24. The van der Waals surface area contributed by atoms with Crippen LogP contribution in [0.1, 0.15) is 22.5 Å². The van der Waals surface area contributed by atoms with Crippen molar-refractivity contribution in [3.8, 4) is 0 Å². The van der Waals surface area contributed by atoms with Crippen LogP contribution < -0.4 is 5.32 Å². The number of halogens is 1. The van der Waals surface area contributed by atoms with E-state index in [1.807, 2.05) is 12.1 Å². The van der Waals surface area contributed by atoms with Gasteiger partial charge in [0.15, 0.2) is 0 Å². The molecule has 0 atom stereocenters. The Kier molecular flexibility index (Phi) is 3.95. The molecule has 0 bridgehead atoms. The molecule has 0 saturated carbocycles. The van der Waals surface area contributed by atoms with E-state index in [0.717, 1.165) is 22.2 Å². The second-order valence-corrected chi connectivity index (χ2v) is 5.63. The lowest BCUT2D eigenvalue weighted by Gasteiger charge is -2.09. The van der Waals surface area contributed by atoms with Crippen LogP contribution in [-0.2, 0) is 13.1 Å². The van der Waals surface area contributed by atoms with Gasteiger partial charge in [0.1, 0.15) is 10.9 Å². The maximum absolute atomic E-state index is 6.29. The summed E-state index contributed by atoms with van der Waals surface area (Å²) in [5, 5.41) is 5.03. The molecule has 3 nitrogen and oxygen atoms in total. The van der Waals surface area contributed by atoms with Gasteiger partial charge in [-0.15, -0.1) is 0 Å². The predicted molar refractivity (Wildman–Crippen MR) is 85.5 cm³/mol. The number of aromatic nitrogens is 1. The summed E-state index contributed by atoms with van der Waals surface area (Å²) in [5.74, 6) is 0.909. The zero-order valence-corrected chi connectivity index (χ0v) is 12.9. The molecule has 21 heavy (non-hydrogen) atoms. The monoisotopic (exact) mass is 300 g/mol. The van der Waals surface area contributed by atoms with Crippen molar-refractivity contribution < 1.29 is 4.42 Å². The number of benzene rings is 1. The third kappa shape index (κ3) is 3.09. The number of fused-ring (bicyclic) bond motifs is 1. The molecule has 1 N–H and O–H groups in total. The highest BCUT2D eigenvalue weighted by atomic mass is 35.5. The molecule has 3 aromatic rings. The van der Waals surface area contributed by atoms with Crippen molar-refractivity contribution in [1.29, 1.82) is 0 Å². The molecule has 0 saturated heterocycles. The number of nitrogens with zero attached hydrogens (tertiary/aromatic N) is 1. The second kappa shape index (κ2) is 5.88. The largest absolute Gasteiger partial charge is 0.468 e. The van der Waals surface area contributed by atoms with Gasteiger partial charge < -0.3 is 9.73 Å². The van der Waals surface area contributed by atoms with E-state index >= 15 is 0 Å². The summed E-state index contributed by atoms with van der Waals surface area (Å²) in [7, 11) is 0. The fourth-order valence-electron chi connectivity index (χ4n) is 2.51. The summed E-state index contributed by atoms with van der Waals surface area (Å²) in [6, 6.07) is 10.2. The summed E-state index contributed by atoms with van der Waals surface area (Å²) in [5.41, 5.74) is 4.38. The average Bonchev–Trinajstić information content (AvgIpc) is 2.93. The van der Waals surface area contributed by atoms with Crippen molar-refractivity contribution in [2.24, 2.45) is 0 Å². The van der Waals surface area contributed by atoms with Gasteiger partial charge in [0.2, 0.25) is 0 Å². The van der Waals surface area contributed by atoms with Crippen molar-refractivity contribution in [1.82, 2.24) is 10.3 Å². The zero-order valence-electron chi connectivity index (χ0n) is 12.1. The molecule has 1 aromatic carbocycles. The van der Waals surface area contributed by atoms with Gasteiger partial charge in [-0.25, -0.2) is 4.98 Å². The predicted octanol–water partition coefficient (Wildman–Crippen LogP) is 4.39. The zero-order chi connectivity index (χ0) is 14.8. The Bertz CT molecular complexity index is 766. The van der Waals surface area contributed by atoms with Gasteiger partial charge >= 0.3 is 0 Å². The van der Waals surface area contributed by atoms with Crippen LogP contribution in [0.15, 0.2) is 41.0 Å². The summed E-state index contributed by atoms with van der Waals surface area (Å²) < 4.78 is 5.29. The molecule has 0 fully saturated rings. The van der Waals surface area contributed by atoms with Gasteiger partial charge in [-0.3, -0.25) is 0 Å². The van der Waals surface area contributed by atoms with E-state index in [2.05, 4.69) is 42.3 Å². The average molecular weight is 301 g/mol. The number of pyridine rings is 1. The summed E-state index contributed by atoms with van der Waals surface area (Å²) in [6.45, 7) is 5.51. The van der Waals surface area contributed by atoms with Gasteiger partial charge in [-0.1, -0.05) is 17.7 Å². The van der Waals surface area contributed by atoms with E-state index in [0.29, 0.717) is 18.2 Å². The normalized spacial score (nSPS) is 11.2. The van der Waals surface area contributed by atoms with Crippen molar-refractivity contribution in [2.75, 3.05) is 0 Å². The Labute approximate surface area is 128 Å². The molecule has 2 aromatic heterocycles. The van der Waals surface area contributed by atoms with Crippen molar-refractivity contribution >= 4 is 22.5 Å². The van der Waals surface area contributed by atoms with Crippen LogP contribution in [0.3, 0.4) is 0 Å². The van der Waals surface area contributed by atoms with Gasteiger partial charge in [-0.05, 0) is 49.2 Å². The molecule has 0 amide bonds. The van der Waals surface area contributed by atoms with Gasteiger partial charge in [-0.2, -0.15) is 0 Å². The first-order chi connectivity index (χ1) is 10.1. The van der Waals surface area contributed by atoms with Crippen LogP contribution in [0.2, 0.25) is 5.15 Å². The molecule has 0 spiro atoms. The number of rotatable bonds is 4. The first kappa shape index (κ1) is 14.1. The van der Waals surface area contributed by atoms with E-state index in [-0.39, 0.29) is 0 Å². The molecule has 3 rings (SSSR count). The van der Waals surface area contributed by atoms with Gasteiger partial charge in [0, 0.05) is 17.5 Å². The molecule has 108 valence electrons. The van der Waals surface area contributed by atoms with Gasteiger partial charge in [0.05, 0.1) is 18.3 Å². The van der Waals surface area contributed by atoms with Crippen LogP contribution in [0.25, 0.3) is 10.9 Å². The standard InChI is InChI=1S/C17H17ClN2O/c1-11-6-12(2)15-8-13(17(18)20-16(15)7-11)9-19-10-14-4-3-5-21-14/h3-8,19H,9-10H2,1-2H3. The van der Waals surface area contributed by atoms with E-state index in [1.54, 1.807) is 6.26 Å². The van der Waals surface area contributed by atoms with E-state index in [1.165, 1.54) is 11.1 Å². The Morgan fingerprint density at radius 3 is 2.81 bits per heavy atom. The molecular weight excluding hydrogens is 284 g/mol. The van der Waals surface area contributed by atoms with E-state index < -0.39 is 0 Å². The minimum absolute atomic E-state index is 0.555. The highest BCUT2D eigenvalue weighted by Gasteiger charge is 2.07.